The fourth-order valence-electron chi connectivity index (χ4n) is 1.84. The van der Waals surface area contributed by atoms with Crippen LogP contribution < -0.4 is 5.73 Å². The summed E-state index contributed by atoms with van der Waals surface area (Å²) < 4.78 is 1.64. The topological polar surface area (TPSA) is 73.8 Å². The third kappa shape index (κ3) is 3.26. The van der Waals surface area contributed by atoms with Gasteiger partial charge in [0, 0.05) is 30.7 Å². The molecule has 2 N–H and O–H groups in total. The number of ketones is 1. The van der Waals surface area contributed by atoms with Gasteiger partial charge in [-0.1, -0.05) is 13.0 Å². The van der Waals surface area contributed by atoms with Crippen LogP contribution in [0, 0.1) is 0 Å². The molecule has 0 radical (unpaired) electrons. The zero-order valence-electron chi connectivity index (χ0n) is 11.2. The minimum Gasteiger partial charge on any atom is -0.318 e. The Kier molecular flexibility index (Phi) is 4.06. The standard InChI is InChI=1S/C14H18N4O/c1-3-10-4-5-12(16-7-10)6-13(19)14(15)11-8-17-18(2)9-11/h4-5,7-9,14H,3,6,15H2,1-2H3. The van der Waals surface area contributed by atoms with E-state index in [9.17, 15) is 4.79 Å². The van der Waals surface area contributed by atoms with Gasteiger partial charge in [0.1, 0.15) is 0 Å². The number of hydrogen-bond donors (Lipinski definition) is 1. The molecule has 0 saturated carbocycles. The van der Waals surface area contributed by atoms with E-state index in [0.29, 0.717) is 0 Å². The first kappa shape index (κ1) is 13.4. The minimum absolute atomic E-state index is 0.0512. The molecule has 2 aromatic heterocycles. The summed E-state index contributed by atoms with van der Waals surface area (Å²) in [5, 5.41) is 4.02. The van der Waals surface area contributed by atoms with Crippen molar-refractivity contribution in [2.45, 2.75) is 25.8 Å². The maximum Gasteiger partial charge on any atom is 0.160 e. The van der Waals surface area contributed by atoms with Crippen molar-refractivity contribution in [3.05, 3.63) is 47.5 Å². The Hall–Kier alpha value is -2.01. The number of nitrogens with two attached hydrogens (primary N) is 1. The highest BCUT2D eigenvalue weighted by molar-refractivity contribution is 5.86. The normalized spacial score (nSPS) is 12.4. The van der Waals surface area contributed by atoms with E-state index in [2.05, 4.69) is 17.0 Å². The van der Waals surface area contributed by atoms with Crippen molar-refractivity contribution in [2.24, 2.45) is 12.8 Å². The lowest BCUT2D eigenvalue weighted by atomic mass is 10.0. The van der Waals surface area contributed by atoms with Crippen molar-refractivity contribution >= 4 is 5.78 Å². The quantitative estimate of drug-likeness (QED) is 0.874. The second kappa shape index (κ2) is 5.75. The van der Waals surface area contributed by atoms with Crippen molar-refractivity contribution in [2.75, 3.05) is 0 Å². The SMILES string of the molecule is CCc1ccc(CC(=O)C(N)c2cnn(C)c2)nc1. The number of carbonyl (C=O) groups excluding carboxylic acids is 1. The van der Waals surface area contributed by atoms with E-state index < -0.39 is 6.04 Å². The Morgan fingerprint density at radius 1 is 1.42 bits per heavy atom. The molecule has 2 aromatic rings. The molecule has 0 bridgehead atoms. The molecule has 19 heavy (non-hydrogen) atoms. The summed E-state index contributed by atoms with van der Waals surface area (Å²) in [6.07, 6.45) is 6.38. The number of nitrogens with zero attached hydrogens (tertiary/aromatic N) is 3. The van der Waals surface area contributed by atoms with Gasteiger partial charge in [-0.3, -0.25) is 14.5 Å². The third-order valence-corrected chi connectivity index (χ3v) is 3.08. The van der Waals surface area contributed by atoms with Crippen molar-refractivity contribution in [1.82, 2.24) is 14.8 Å². The van der Waals surface area contributed by atoms with E-state index >= 15 is 0 Å². The van der Waals surface area contributed by atoms with Gasteiger partial charge < -0.3 is 5.73 Å². The predicted octanol–water partition coefficient (Wildman–Crippen LogP) is 1.19. The minimum atomic E-state index is -0.638. The number of Topliss-reactive ketones (excluding diaryl/α,β-unsaturated/α-hetero) is 1. The molecule has 2 heterocycles. The van der Waals surface area contributed by atoms with E-state index in [1.165, 1.54) is 0 Å². The molecule has 0 spiro atoms. The molecule has 1 unspecified atom stereocenters. The van der Waals surface area contributed by atoms with Gasteiger partial charge in [-0.15, -0.1) is 0 Å². The average Bonchev–Trinajstić information content (AvgIpc) is 2.85. The number of carbonyl (C=O) groups is 1. The number of aromatic nitrogens is 3. The molecular weight excluding hydrogens is 240 g/mol. The van der Waals surface area contributed by atoms with Crippen molar-refractivity contribution < 1.29 is 4.79 Å². The monoisotopic (exact) mass is 258 g/mol. The largest absolute Gasteiger partial charge is 0.318 e. The summed E-state index contributed by atoms with van der Waals surface area (Å²) >= 11 is 0. The van der Waals surface area contributed by atoms with Gasteiger partial charge in [0.05, 0.1) is 18.7 Å². The molecule has 0 saturated heterocycles. The molecule has 5 heteroatoms. The molecular formula is C14H18N4O. The maximum absolute atomic E-state index is 12.1. The summed E-state index contributed by atoms with van der Waals surface area (Å²) in [5.74, 6) is -0.0512. The molecule has 0 aromatic carbocycles. The molecule has 5 nitrogen and oxygen atoms in total. The third-order valence-electron chi connectivity index (χ3n) is 3.08. The first-order valence-corrected chi connectivity index (χ1v) is 6.30. The predicted molar refractivity (Wildman–Crippen MR) is 72.5 cm³/mol. The van der Waals surface area contributed by atoms with Crippen LogP contribution in [-0.2, 0) is 24.7 Å². The zero-order chi connectivity index (χ0) is 13.8. The van der Waals surface area contributed by atoms with E-state index in [0.717, 1.165) is 23.2 Å². The van der Waals surface area contributed by atoms with Crippen LogP contribution in [-0.4, -0.2) is 20.5 Å². The fraction of sp³-hybridized carbons (Fsp3) is 0.357. The Morgan fingerprint density at radius 3 is 2.74 bits per heavy atom. The highest BCUT2D eigenvalue weighted by Gasteiger charge is 2.18. The molecule has 0 amide bonds. The Labute approximate surface area is 112 Å². The number of rotatable bonds is 5. The van der Waals surface area contributed by atoms with Crippen molar-refractivity contribution in [3.63, 3.8) is 0 Å². The van der Waals surface area contributed by atoms with Crippen LogP contribution in [0.5, 0.6) is 0 Å². The van der Waals surface area contributed by atoms with Gasteiger partial charge in [-0.05, 0) is 18.1 Å². The summed E-state index contributed by atoms with van der Waals surface area (Å²) in [5.41, 5.74) is 8.57. The number of hydrogen-bond acceptors (Lipinski definition) is 4. The van der Waals surface area contributed by atoms with Gasteiger partial charge >= 0.3 is 0 Å². The summed E-state index contributed by atoms with van der Waals surface area (Å²) in [7, 11) is 1.80. The molecule has 2 rings (SSSR count). The second-order valence-corrected chi connectivity index (χ2v) is 4.58. The highest BCUT2D eigenvalue weighted by atomic mass is 16.1. The highest BCUT2D eigenvalue weighted by Crippen LogP contribution is 2.12. The number of aryl methyl sites for hydroxylation is 2. The zero-order valence-corrected chi connectivity index (χ0v) is 11.2. The first-order chi connectivity index (χ1) is 9.10. The molecule has 0 fully saturated rings. The van der Waals surface area contributed by atoms with E-state index in [4.69, 9.17) is 5.73 Å². The van der Waals surface area contributed by atoms with Crippen LogP contribution in [0.3, 0.4) is 0 Å². The van der Waals surface area contributed by atoms with Crippen LogP contribution in [0.4, 0.5) is 0 Å². The molecule has 0 aliphatic carbocycles. The van der Waals surface area contributed by atoms with Gasteiger partial charge in [0.2, 0.25) is 0 Å². The van der Waals surface area contributed by atoms with Crippen LogP contribution in [0.1, 0.15) is 29.8 Å². The number of pyridine rings is 1. The second-order valence-electron chi connectivity index (χ2n) is 4.58. The Bertz CT molecular complexity index is 559. The van der Waals surface area contributed by atoms with Gasteiger partial charge in [-0.25, -0.2) is 0 Å². The Balaban J connectivity index is 2.03. The van der Waals surface area contributed by atoms with E-state index in [1.54, 1.807) is 30.3 Å². The Morgan fingerprint density at radius 2 is 2.21 bits per heavy atom. The summed E-state index contributed by atoms with van der Waals surface area (Å²) in [6, 6.07) is 3.24. The van der Waals surface area contributed by atoms with Crippen LogP contribution in [0.2, 0.25) is 0 Å². The van der Waals surface area contributed by atoms with Gasteiger partial charge in [0.15, 0.2) is 5.78 Å². The summed E-state index contributed by atoms with van der Waals surface area (Å²) in [4.78, 5) is 16.3. The first-order valence-electron chi connectivity index (χ1n) is 6.30. The van der Waals surface area contributed by atoms with Crippen molar-refractivity contribution in [1.29, 1.82) is 0 Å². The molecule has 1 atom stereocenters. The lowest BCUT2D eigenvalue weighted by molar-refractivity contribution is -0.119. The van der Waals surface area contributed by atoms with Gasteiger partial charge in [0.25, 0.3) is 0 Å². The van der Waals surface area contributed by atoms with E-state index in [-0.39, 0.29) is 12.2 Å². The lowest BCUT2D eigenvalue weighted by Crippen LogP contribution is -2.23. The lowest BCUT2D eigenvalue weighted by Gasteiger charge is -2.08. The van der Waals surface area contributed by atoms with E-state index in [1.807, 2.05) is 12.1 Å². The fourth-order valence-corrected chi connectivity index (χ4v) is 1.84. The van der Waals surface area contributed by atoms with Gasteiger partial charge in [-0.2, -0.15) is 5.10 Å². The van der Waals surface area contributed by atoms with Crippen molar-refractivity contribution in [3.8, 4) is 0 Å². The maximum atomic E-state index is 12.1. The van der Waals surface area contributed by atoms with Crippen LogP contribution in [0.15, 0.2) is 30.7 Å². The average molecular weight is 258 g/mol. The smallest absolute Gasteiger partial charge is 0.160 e. The molecule has 0 aliphatic rings. The molecule has 100 valence electrons. The van der Waals surface area contributed by atoms with Crippen LogP contribution in [0.25, 0.3) is 0 Å². The summed E-state index contributed by atoms with van der Waals surface area (Å²) in [6.45, 7) is 2.07. The molecule has 0 aliphatic heterocycles. The van der Waals surface area contributed by atoms with Crippen LogP contribution >= 0.6 is 0 Å².